The fourth-order valence-electron chi connectivity index (χ4n) is 10.6. The van der Waals surface area contributed by atoms with Gasteiger partial charge in [-0.1, -0.05) is 153 Å². The van der Waals surface area contributed by atoms with E-state index in [0.29, 0.717) is 0 Å². The summed E-state index contributed by atoms with van der Waals surface area (Å²) in [6.07, 6.45) is 0. The predicted molar refractivity (Wildman–Crippen MR) is 281 cm³/mol. The summed E-state index contributed by atoms with van der Waals surface area (Å²) in [5.74, 6) is 0. The molecule has 66 heavy (non-hydrogen) atoms. The van der Waals surface area contributed by atoms with E-state index in [1.807, 2.05) is 0 Å². The van der Waals surface area contributed by atoms with Gasteiger partial charge in [0.05, 0.1) is 0 Å². The van der Waals surface area contributed by atoms with Crippen LogP contribution in [0.4, 0.5) is 34.1 Å². The molecule has 0 heterocycles. The quantitative estimate of drug-likeness (QED) is 0.150. The molecule has 0 radical (unpaired) electrons. The average molecular weight is 853 g/mol. The van der Waals surface area contributed by atoms with E-state index < -0.39 is 0 Å². The summed E-state index contributed by atoms with van der Waals surface area (Å²) in [6.45, 7) is 18.2. The van der Waals surface area contributed by atoms with Gasteiger partial charge in [0.2, 0.25) is 0 Å². The third kappa shape index (κ3) is 6.95. The second kappa shape index (κ2) is 15.6. The molecule has 0 aliphatic heterocycles. The first-order valence-electron chi connectivity index (χ1n) is 23.4. The van der Waals surface area contributed by atoms with Crippen LogP contribution in [0.2, 0.25) is 0 Å². The maximum absolute atomic E-state index is 2.46. The van der Waals surface area contributed by atoms with E-state index in [1.165, 1.54) is 94.7 Å². The fourth-order valence-corrected chi connectivity index (χ4v) is 10.6. The van der Waals surface area contributed by atoms with Gasteiger partial charge in [-0.25, -0.2) is 0 Å². The van der Waals surface area contributed by atoms with Crippen LogP contribution in [0, 0.1) is 27.7 Å². The number of anilines is 6. The highest BCUT2D eigenvalue weighted by Crippen LogP contribution is 2.54. The van der Waals surface area contributed by atoms with Gasteiger partial charge in [-0.3, -0.25) is 0 Å². The second-order valence-electron chi connectivity index (χ2n) is 19.8. The molecule has 11 rings (SSSR count). The Morgan fingerprint density at radius 2 is 0.470 bits per heavy atom. The standard InChI is InChI=1S/C64H56N2/c1-41-9-22-49(23-10-41)65(50-24-11-42(2)12-25-50)53-30-17-45(18-31-53)46-19-33-55-56-34-20-47(38-60(56)63(5,6)59(55)37-46)48-21-35-57-58-36-32-54(40-62(58)64(7,8)61(57)39-48)66(51-26-13-43(3)14-27-51)52-28-15-44(4)16-29-52/h9-40H,1-8H3. The van der Waals surface area contributed by atoms with Gasteiger partial charge < -0.3 is 9.80 Å². The normalized spacial score (nSPS) is 13.7. The van der Waals surface area contributed by atoms with Crippen LogP contribution in [0.15, 0.2) is 194 Å². The van der Waals surface area contributed by atoms with Crippen LogP contribution in [0.1, 0.15) is 72.2 Å². The Bertz CT molecular complexity index is 3210. The summed E-state index contributed by atoms with van der Waals surface area (Å²) in [6, 6.07) is 72.9. The minimum Gasteiger partial charge on any atom is -0.311 e. The molecule has 2 nitrogen and oxygen atoms in total. The number of aryl methyl sites for hydroxylation is 4. The maximum atomic E-state index is 2.46. The molecule has 0 fully saturated rings. The molecule has 9 aromatic carbocycles. The summed E-state index contributed by atoms with van der Waals surface area (Å²) < 4.78 is 0. The van der Waals surface area contributed by atoms with E-state index in [4.69, 9.17) is 0 Å². The molecule has 0 bridgehead atoms. The van der Waals surface area contributed by atoms with Crippen molar-refractivity contribution in [1.29, 1.82) is 0 Å². The first kappa shape index (κ1) is 41.3. The Labute approximate surface area is 391 Å². The van der Waals surface area contributed by atoms with Crippen molar-refractivity contribution in [2.45, 2.75) is 66.2 Å². The van der Waals surface area contributed by atoms with Gasteiger partial charge in [0, 0.05) is 45.0 Å². The summed E-state index contributed by atoms with van der Waals surface area (Å²) in [5.41, 5.74) is 27.4. The molecule has 322 valence electrons. The summed E-state index contributed by atoms with van der Waals surface area (Å²) in [5, 5.41) is 0. The fraction of sp³-hybridized carbons (Fsp3) is 0.156. The van der Waals surface area contributed by atoms with E-state index in [1.54, 1.807) is 0 Å². The largest absolute Gasteiger partial charge is 0.311 e. The third-order valence-electron chi connectivity index (χ3n) is 14.6. The molecule has 0 amide bonds. The predicted octanol–water partition coefficient (Wildman–Crippen LogP) is 17.8. The smallest absolute Gasteiger partial charge is 0.0465 e. The van der Waals surface area contributed by atoms with Crippen LogP contribution in [-0.4, -0.2) is 0 Å². The van der Waals surface area contributed by atoms with Gasteiger partial charge in [-0.2, -0.15) is 0 Å². The Hall–Kier alpha value is -7.42. The molecule has 0 unspecified atom stereocenters. The number of fused-ring (bicyclic) bond motifs is 6. The van der Waals surface area contributed by atoms with Gasteiger partial charge in [0.1, 0.15) is 0 Å². The number of hydrogen-bond donors (Lipinski definition) is 0. The highest BCUT2D eigenvalue weighted by Gasteiger charge is 2.38. The van der Waals surface area contributed by atoms with Crippen molar-refractivity contribution in [2.24, 2.45) is 0 Å². The minimum absolute atomic E-state index is 0.159. The van der Waals surface area contributed by atoms with Crippen molar-refractivity contribution in [3.05, 3.63) is 239 Å². The Kier molecular flexibility index (Phi) is 9.78. The Balaban J connectivity index is 0.889. The third-order valence-corrected chi connectivity index (χ3v) is 14.6. The molecule has 0 atom stereocenters. The second-order valence-corrected chi connectivity index (χ2v) is 19.8. The van der Waals surface area contributed by atoms with E-state index in [-0.39, 0.29) is 10.8 Å². The zero-order valence-electron chi connectivity index (χ0n) is 39.4. The molecule has 0 aromatic heterocycles. The summed E-state index contributed by atoms with van der Waals surface area (Å²) >= 11 is 0. The SMILES string of the molecule is Cc1ccc(N(c2ccc(C)cc2)c2ccc(-c3ccc4c(c3)C(C)(C)c3cc(-c5ccc6c(c5)C(C)(C)c5cc(N(c7ccc(C)cc7)c7ccc(C)cc7)ccc5-6)ccc3-4)cc2)cc1. The van der Waals surface area contributed by atoms with E-state index in [2.05, 4.69) is 259 Å². The molecule has 2 aliphatic carbocycles. The monoisotopic (exact) mass is 852 g/mol. The first-order chi connectivity index (χ1) is 31.8. The molecular formula is C64H56N2. The van der Waals surface area contributed by atoms with Gasteiger partial charge in [-0.05, 0) is 185 Å². The van der Waals surface area contributed by atoms with Crippen LogP contribution >= 0.6 is 0 Å². The average Bonchev–Trinajstić information content (AvgIpc) is 3.69. The molecule has 9 aromatic rings. The highest BCUT2D eigenvalue weighted by atomic mass is 15.1. The van der Waals surface area contributed by atoms with Crippen LogP contribution in [0.25, 0.3) is 44.5 Å². The van der Waals surface area contributed by atoms with Crippen LogP contribution in [0.3, 0.4) is 0 Å². The lowest BCUT2D eigenvalue weighted by atomic mass is 9.80. The van der Waals surface area contributed by atoms with Gasteiger partial charge in [0.25, 0.3) is 0 Å². The van der Waals surface area contributed by atoms with Gasteiger partial charge in [-0.15, -0.1) is 0 Å². The van der Waals surface area contributed by atoms with Crippen molar-refractivity contribution >= 4 is 34.1 Å². The number of benzene rings is 9. The van der Waals surface area contributed by atoms with Crippen LogP contribution in [-0.2, 0) is 10.8 Å². The molecule has 2 heteroatoms. The van der Waals surface area contributed by atoms with Crippen molar-refractivity contribution in [3.8, 4) is 44.5 Å². The van der Waals surface area contributed by atoms with Crippen molar-refractivity contribution < 1.29 is 0 Å². The van der Waals surface area contributed by atoms with Crippen molar-refractivity contribution in [2.75, 3.05) is 9.80 Å². The molecule has 0 N–H and O–H groups in total. The number of nitrogens with zero attached hydrogens (tertiary/aromatic N) is 2. The highest BCUT2D eigenvalue weighted by molar-refractivity contribution is 5.90. The molecule has 0 saturated carbocycles. The van der Waals surface area contributed by atoms with Crippen LogP contribution < -0.4 is 9.80 Å². The van der Waals surface area contributed by atoms with Crippen LogP contribution in [0.5, 0.6) is 0 Å². The lowest BCUT2D eigenvalue weighted by Crippen LogP contribution is -2.17. The molecule has 2 aliphatic rings. The van der Waals surface area contributed by atoms with Crippen molar-refractivity contribution in [1.82, 2.24) is 0 Å². The number of rotatable bonds is 8. The van der Waals surface area contributed by atoms with E-state index in [9.17, 15) is 0 Å². The Morgan fingerprint density at radius 3 is 0.803 bits per heavy atom. The Morgan fingerprint density at radius 1 is 0.242 bits per heavy atom. The molecule has 0 saturated heterocycles. The zero-order valence-corrected chi connectivity index (χ0v) is 39.4. The summed E-state index contributed by atoms with van der Waals surface area (Å²) in [7, 11) is 0. The zero-order chi connectivity index (χ0) is 45.5. The lowest BCUT2D eigenvalue weighted by Gasteiger charge is -2.28. The van der Waals surface area contributed by atoms with Gasteiger partial charge >= 0.3 is 0 Å². The van der Waals surface area contributed by atoms with E-state index in [0.717, 1.165) is 28.4 Å². The minimum atomic E-state index is -0.177. The lowest BCUT2D eigenvalue weighted by molar-refractivity contribution is 0.659. The summed E-state index contributed by atoms with van der Waals surface area (Å²) in [4.78, 5) is 4.73. The topological polar surface area (TPSA) is 6.48 Å². The maximum Gasteiger partial charge on any atom is 0.0465 e. The molecule has 0 spiro atoms. The van der Waals surface area contributed by atoms with Crippen molar-refractivity contribution in [3.63, 3.8) is 0 Å². The number of hydrogen-bond acceptors (Lipinski definition) is 2. The first-order valence-corrected chi connectivity index (χ1v) is 23.4. The molecular weight excluding hydrogens is 797 g/mol. The van der Waals surface area contributed by atoms with E-state index >= 15 is 0 Å². The van der Waals surface area contributed by atoms with Gasteiger partial charge in [0.15, 0.2) is 0 Å².